The molecule has 112 valence electrons. The molecule has 0 radical (unpaired) electrons. The van der Waals surface area contributed by atoms with E-state index in [1.807, 2.05) is 0 Å². The van der Waals surface area contributed by atoms with Crippen molar-refractivity contribution < 1.29 is 12.8 Å². The Morgan fingerprint density at radius 1 is 1.33 bits per heavy atom. The molecule has 10 heteroatoms. The Kier molecular flexibility index (Phi) is 4.29. The Bertz CT molecular complexity index is 741. The van der Waals surface area contributed by atoms with Crippen LogP contribution in [0.5, 0.6) is 0 Å². The summed E-state index contributed by atoms with van der Waals surface area (Å²) in [4.78, 5) is 0. The lowest BCUT2D eigenvalue weighted by molar-refractivity contribution is 0.598. The minimum absolute atomic E-state index is 0.0344. The Balaban J connectivity index is 2.10. The molecule has 0 aromatic heterocycles. The third-order valence-corrected chi connectivity index (χ3v) is 3.31. The average molecular weight is 312 g/mol. The summed E-state index contributed by atoms with van der Waals surface area (Å²) in [6.07, 6.45) is 0.0344. The summed E-state index contributed by atoms with van der Waals surface area (Å²) in [5.74, 6) is -0.673. The highest BCUT2D eigenvalue weighted by atomic mass is 32.2. The molecule has 0 spiro atoms. The molecule has 21 heavy (non-hydrogen) atoms. The van der Waals surface area contributed by atoms with Crippen molar-refractivity contribution in [2.24, 2.45) is 26.2 Å². The van der Waals surface area contributed by atoms with Crippen molar-refractivity contribution in [3.63, 3.8) is 0 Å². The number of primary sulfonamides is 1. The predicted molar refractivity (Wildman–Crippen MR) is 79.1 cm³/mol. The lowest BCUT2D eigenvalue weighted by Crippen LogP contribution is -2.30. The van der Waals surface area contributed by atoms with E-state index in [4.69, 9.17) is 10.9 Å². The third kappa shape index (κ3) is 4.33. The maximum atomic E-state index is 13.0. The zero-order valence-electron chi connectivity index (χ0n) is 10.8. The molecule has 8 nitrogen and oxygen atoms in total. The minimum atomic E-state index is -3.62. The first-order valence-electron chi connectivity index (χ1n) is 5.85. The second kappa shape index (κ2) is 5.97. The molecule has 0 atom stereocenters. The largest absolute Gasteiger partial charge is 0.380 e. The monoisotopic (exact) mass is 312 g/mol. The van der Waals surface area contributed by atoms with E-state index in [1.54, 1.807) is 6.07 Å². The number of benzene rings is 1. The highest BCUT2D eigenvalue weighted by Gasteiger charge is 2.21. The summed E-state index contributed by atoms with van der Waals surface area (Å²) in [6.45, 7) is 0. The predicted octanol–water partition coefficient (Wildman–Crippen LogP) is -0.001000. The molecule has 1 aromatic carbocycles. The number of amidine groups is 1. The number of halogens is 1. The van der Waals surface area contributed by atoms with E-state index in [-0.39, 0.29) is 23.7 Å². The van der Waals surface area contributed by atoms with E-state index in [0.717, 1.165) is 0 Å². The van der Waals surface area contributed by atoms with Crippen LogP contribution in [-0.2, 0) is 10.0 Å². The van der Waals surface area contributed by atoms with E-state index in [9.17, 15) is 12.8 Å². The van der Waals surface area contributed by atoms with Crippen molar-refractivity contribution in [3.05, 3.63) is 30.1 Å². The van der Waals surface area contributed by atoms with Gasteiger partial charge >= 0.3 is 0 Å². The summed E-state index contributed by atoms with van der Waals surface area (Å²) in [7, 11) is -3.62. The van der Waals surface area contributed by atoms with Gasteiger partial charge in [-0.15, -0.1) is 5.10 Å². The zero-order chi connectivity index (χ0) is 15.5. The number of nitrogens with zero attached hydrogens (tertiary/aromatic N) is 3. The molecular formula is C11H13FN6O2S. The van der Waals surface area contributed by atoms with Crippen LogP contribution < -0.4 is 16.3 Å². The van der Waals surface area contributed by atoms with Crippen LogP contribution in [0.25, 0.3) is 0 Å². The fraction of sp³-hybridized carbons (Fsp3) is 0.182. The smallest absolute Gasteiger partial charge is 0.209 e. The van der Waals surface area contributed by atoms with Gasteiger partial charge < -0.3 is 5.73 Å². The Morgan fingerprint density at radius 3 is 2.76 bits per heavy atom. The van der Waals surface area contributed by atoms with E-state index in [1.165, 1.54) is 18.2 Å². The van der Waals surface area contributed by atoms with Crippen molar-refractivity contribution in [1.82, 2.24) is 0 Å². The minimum Gasteiger partial charge on any atom is -0.380 e. The molecular weight excluding hydrogens is 299 g/mol. The molecule has 2 rings (SSSR count). The molecule has 0 unspecified atom stereocenters. The van der Waals surface area contributed by atoms with Gasteiger partial charge in [-0.3, -0.25) is 5.43 Å². The van der Waals surface area contributed by atoms with Crippen molar-refractivity contribution >= 4 is 33.0 Å². The van der Waals surface area contributed by atoms with Gasteiger partial charge in [0.05, 0.1) is 17.2 Å². The molecule has 0 amide bonds. The van der Waals surface area contributed by atoms with Gasteiger partial charge in [0, 0.05) is 6.42 Å². The second-order valence-electron chi connectivity index (χ2n) is 4.23. The third-order valence-electron chi connectivity index (χ3n) is 2.54. The van der Waals surface area contributed by atoms with Gasteiger partial charge in [-0.05, 0) is 18.2 Å². The lowest BCUT2D eigenvalue weighted by atomic mass is 10.2. The summed E-state index contributed by atoms with van der Waals surface area (Å²) >= 11 is 0. The molecule has 1 heterocycles. The summed E-state index contributed by atoms with van der Waals surface area (Å²) in [5.41, 5.74) is 9.14. The maximum Gasteiger partial charge on any atom is 0.209 e. The normalized spacial score (nSPS) is 16.8. The van der Waals surface area contributed by atoms with Gasteiger partial charge in [-0.1, -0.05) is 6.07 Å². The Morgan fingerprint density at radius 2 is 2.10 bits per heavy atom. The van der Waals surface area contributed by atoms with Crippen LogP contribution in [0.15, 0.2) is 39.6 Å². The quantitative estimate of drug-likeness (QED) is 0.659. The number of nitrogens with two attached hydrogens (primary N) is 2. The van der Waals surface area contributed by atoms with Gasteiger partial charge in [0.15, 0.2) is 11.5 Å². The van der Waals surface area contributed by atoms with Crippen LogP contribution in [0, 0.1) is 5.82 Å². The lowest BCUT2D eigenvalue weighted by Gasteiger charge is -2.04. The van der Waals surface area contributed by atoms with Gasteiger partial charge in [-0.25, -0.2) is 17.9 Å². The van der Waals surface area contributed by atoms with Crippen LogP contribution in [0.3, 0.4) is 0 Å². The van der Waals surface area contributed by atoms with E-state index in [0.29, 0.717) is 11.4 Å². The SMILES string of the molecule is NC1=NN=C(CCS(N)(=O)=O)C1=NNc1cccc(F)c1. The van der Waals surface area contributed by atoms with Crippen LogP contribution >= 0.6 is 0 Å². The van der Waals surface area contributed by atoms with E-state index >= 15 is 0 Å². The van der Waals surface area contributed by atoms with Crippen LogP contribution in [0.2, 0.25) is 0 Å². The Labute approximate surface area is 120 Å². The number of nitrogens with one attached hydrogen (secondary N) is 1. The second-order valence-corrected chi connectivity index (χ2v) is 5.97. The van der Waals surface area contributed by atoms with Crippen LogP contribution in [0.1, 0.15) is 6.42 Å². The standard InChI is InChI=1S/C11H13FN6O2S/c12-7-2-1-3-8(6-7)15-17-10-9(16-18-11(10)13)4-5-21(14,19)20/h1-3,6,15H,4-5H2,(H2,13,17,18)(H2,14,19,20). The van der Waals surface area contributed by atoms with Crippen LogP contribution in [-0.4, -0.2) is 31.4 Å². The first-order valence-corrected chi connectivity index (χ1v) is 7.57. The highest BCUT2D eigenvalue weighted by molar-refractivity contribution is 7.89. The molecule has 0 aliphatic carbocycles. The molecule has 1 aliphatic rings. The number of hydrogen-bond donors (Lipinski definition) is 3. The molecule has 1 aromatic rings. The molecule has 0 saturated heterocycles. The molecule has 0 saturated carbocycles. The van der Waals surface area contributed by atoms with Crippen LogP contribution in [0.4, 0.5) is 10.1 Å². The molecule has 0 fully saturated rings. The van der Waals surface area contributed by atoms with Crippen molar-refractivity contribution in [1.29, 1.82) is 0 Å². The Hall–Kier alpha value is -2.33. The van der Waals surface area contributed by atoms with Gasteiger partial charge in [0.2, 0.25) is 10.0 Å². The molecule has 0 bridgehead atoms. The fourth-order valence-electron chi connectivity index (χ4n) is 1.56. The molecule has 1 aliphatic heterocycles. The summed E-state index contributed by atoms with van der Waals surface area (Å²) in [5, 5.41) is 16.3. The first kappa shape index (κ1) is 15.1. The number of hydrazone groups is 1. The first-order chi connectivity index (χ1) is 9.85. The maximum absolute atomic E-state index is 13.0. The zero-order valence-corrected chi connectivity index (χ0v) is 11.6. The van der Waals surface area contributed by atoms with Gasteiger partial charge in [0.25, 0.3) is 0 Å². The highest BCUT2D eigenvalue weighted by Crippen LogP contribution is 2.10. The van der Waals surface area contributed by atoms with Crippen molar-refractivity contribution in [2.45, 2.75) is 6.42 Å². The van der Waals surface area contributed by atoms with Gasteiger partial charge in [0.1, 0.15) is 5.82 Å². The van der Waals surface area contributed by atoms with Crippen molar-refractivity contribution in [2.75, 3.05) is 11.2 Å². The average Bonchev–Trinajstić information content (AvgIpc) is 2.74. The van der Waals surface area contributed by atoms with E-state index in [2.05, 4.69) is 20.7 Å². The van der Waals surface area contributed by atoms with Gasteiger partial charge in [-0.2, -0.15) is 10.2 Å². The topological polar surface area (TPSA) is 135 Å². The van der Waals surface area contributed by atoms with Crippen molar-refractivity contribution in [3.8, 4) is 0 Å². The number of hydrogen-bond acceptors (Lipinski definition) is 7. The van der Waals surface area contributed by atoms with E-state index < -0.39 is 15.8 Å². The number of sulfonamides is 1. The molecule has 5 N–H and O–H groups in total. The number of rotatable bonds is 5. The summed E-state index contributed by atoms with van der Waals surface area (Å²) < 4.78 is 34.9. The summed E-state index contributed by atoms with van der Waals surface area (Å²) in [6, 6.07) is 5.66. The fourth-order valence-corrected chi connectivity index (χ4v) is 2.04. The number of anilines is 1.